The number of piperidine rings is 1. The van der Waals surface area contributed by atoms with Crippen LogP contribution < -0.4 is 0 Å². The Morgan fingerprint density at radius 2 is 1.94 bits per heavy atom. The highest BCUT2D eigenvalue weighted by Crippen LogP contribution is 2.36. The minimum absolute atomic E-state index is 0.153. The molecule has 2 saturated heterocycles. The van der Waals surface area contributed by atoms with E-state index in [0.717, 1.165) is 25.7 Å². The lowest BCUT2D eigenvalue weighted by molar-refractivity contribution is -0.137. The van der Waals surface area contributed by atoms with Gasteiger partial charge >= 0.3 is 0 Å². The Morgan fingerprint density at radius 3 is 2.44 bits per heavy atom. The van der Waals surface area contributed by atoms with Gasteiger partial charge in [0.2, 0.25) is 5.91 Å². The Hall–Kier alpha value is -0.610. The molecule has 0 aromatic rings. The van der Waals surface area contributed by atoms with Crippen molar-refractivity contribution in [2.45, 2.75) is 69.7 Å². The van der Waals surface area contributed by atoms with E-state index in [9.17, 15) is 15.0 Å². The summed E-state index contributed by atoms with van der Waals surface area (Å²) >= 11 is 0. The molecule has 0 radical (unpaired) electrons. The average molecular weight is 227 g/mol. The fraction of sp³-hybridized carbons (Fsp3) is 0.917. The SMILES string of the molecule is CC(O)CCC(=O)N1C2CCC1CC(O)C2. The minimum Gasteiger partial charge on any atom is -0.393 e. The molecule has 3 atom stereocenters. The van der Waals surface area contributed by atoms with E-state index in [1.54, 1.807) is 6.92 Å². The second-order valence-corrected chi connectivity index (χ2v) is 5.20. The quantitative estimate of drug-likeness (QED) is 0.744. The maximum Gasteiger partial charge on any atom is 0.223 e. The number of aliphatic hydroxyl groups excluding tert-OH is 2. The van der Waals surface area contributed by atoms with Crippen molar-refractivity contribution in [3.63, 3.8) is 0 Å². The largest absolute Gasteiger partial charge is 0.393 e. The Bertz CT molecular complexity index is 253. The predicted molar refractivity (Wildman–Crippen MR) is 59.8 cm³/mol. The van der Waals surface area contributed by atoms with Gasteiger partial charge in [-0.1, -0.05) is 0 Å². The summed E-state index contributed by atoms with van der Waals surface area (Å²) in [6, 6.07) is 0.491. The van der Waals surface area contributed by atoms with Crippen molar-refractivity contribution in [3.8, 4) is 0 Å². The molecule has 2 heterocycles. The molecular weight excluding hydrogens is 206 g/mol. The van der Waals surface area contributed by atoms with Gasteiger partial charge in [0.15, 0.2) is 0 Å². The summed E-state index contributed by atoms with van der Waals surface area (Å²) in [5.74, 6) is 0.153. The molecule has 2 rings (SSSR count). The smallest absolute Gasteiger partial charge is 0.223 e. The van der Waals surface area contributed by atoms with Crippen molar-refractivity contribution >= 4 is 5.91 Å². The van der Waals surface area contributed by atoms with Crippen LogP contribution >= 0.6 is 0 Å². The first-order chi connectivity index (χ1) is 7.58. The zero-order chi connectivity index (χ0) is 11.7. The summed E-state index contributed by atoms with van der Waals surface area (Å²) in [7, 11) is 0. The number of aliphatic hydroxyl groups is 2. The lowest BCUT2D eigenvalue weighted by atomic mass is 9.99. The fourth-order valence-corrected chi connectivity index (χ4v) is 3.02. The zero-order valence-corrected chi connectivity index (χ0v) is 9.80. The second-order valence-electron chi connectivity index (χ2n) is 5.20. The summed E-state index contributed by atoms with van der Waals surface area (Å²) in [4.78, 5) is 14.0. The summed E-state index contributed by atoms with van der Waals surface area (Å²) < 4.78 is 0. The third-order valence-corrected chi connectivity index (χ3v) is 3.77. The molecule has 1 amide bonds. The first-order valence-electron chi connectivity index (χ1n) is 6.25. The number of carbonyl (C=O) groups is 1. The minimum atomic E-state index is -0.406. The summed E-state index contributed by atoms with van der Waals surface area (Å²) in [5, 5.41) is 18.8. The molecule has 2 fully saturated rings. The highest BCUT2D eigenvalue weighted by molar-refractivity contribution is 5.77. The van der Waals surface area contributed by atoms with E-state index in [0.29, 0.717) is 12.8 Å². The molecule has 0 aliphatic carbocycles. The van der Waals surface area contributed by atoms with Crippen LogP contribution in [0.2, 0.25) is 0 Å². The molecule has 2 N–H and O–H groups in total. The number of hydrogen-bond acceptors (Lipinski definition) is 3. The molecule has 16 heavy (non-hydrogen) atoms. The maximum atomic E-state index is 12.0. The molecule has 4 heteroatoms. The van der Waals surface area contributed by atoms with Crippen LogP contribution in [0.1, 0.15) is 45.4 Å². The van der Waals surface area contributed by atoms with Crippen molar-refractivity contribution in [1.29, 1.82) is 0 Å². The van der Waals surface area contributed by atoms with E-state index in [1.165, 1.54) is 0 Å². The number of amides is 1. The van der Waals surface area contributed by atoms with Crippen LogP contribution in [0.4, 0.5) is 0 Å². The highest BCUT2D eigenvalue weighted by atomic mass is 16.3. The Labute approximate surface area is 96.3 Å². The van der Waals surface area contributed by atoms with Gasteiger partial charge in [-0.15, -0.1) is 0 Å². The van der Waals surface area contributed by atoms with E-state index in [2.05, 4.69) is 0 Å². The van der Waals surface area contributed by atoms with Crippen molar-refractivity contribution in [3.05, 3.63) is 0 Å². The molecule has 3 unspecified atom stereocenters. The first-order valence-corrected chi connectivity index (χ1v) is 6.25. The second kappa shape index (κ2) is 4.72. The normalized spacial score (nSPS) is 35.2. The van der Waals surface area contributed by atoms with Crippen LogP contribution in [0.25, 0.3) is 0 Å². The van der Waals surface area contributed by atoms with Gasteiger partial charge in [-0.25, -0.2) is 0 Å². The van der Waals surface area contributed by atoms with Crippen LogP contribution in [0.15, 0.2) is 0 Å². The van der Waals surface area contributed by atoms with Crippen molar-refractivity contribution in [2.24, 2.45) is 0 Å². The molecule has 92 valence electrons. The van der Waals surface area contributed by atoms with Gasteiger partial charge in [-0.05, 0) is 39.0 Å². The molecule has 2 aliphatic rings. The van der Waals surface area contributed by atoms with Crippen molar-refractivity contribution in [1.82, 2.24) is 4.90 Å². The summed E-state index contributed by atoms with van der Waals surface area (Å²) in [6.45, 7) is 1.71. The monoisotopic (exact) mass is 227 g/mol. The van der Waals surface area contributed by atoms with Gasteiger partial charge in [0.1, 0.15) is 0 Å². The van der Waals surface area contributed by atoms with E-state index in [4.69, 9.17) is 0 Å². The molecule has 0 aromatic heterocycles. The van der Waals surface area contributed by atoms with Crippen molar-refractivity contribution < 1.29 is 15.0 Å². The lowest BCUT2D eigenvalue weighted by Gasteiger charge is -2.37. The Balaban J connectivity index is 1.92. The standard InChI is InChI=1S/C12H21NO3/c1-8(14)2-5-12(16)13-9-3-4-10(13)7-11(15)6-9/h8-11,14-15H,2-7H2,1H3. The van der Waals surface area contributed by atoms with E-state index in [-0.39, 0.29) is 24.1 Å². The molecule has 2 bridgehead atoms. The molecule has 2 aliphatic heterocycles. The van der Waals surface area contributed by atoms with Crippen molar-refractivity contribution in [2.75, 3.05) is 0 Å². The lowest BCUT2D eigenvalue weighted by Crippen LogP contribution is -2.48. The fourth-order valence-electron chi connectivity index (χ4n) is 3.02. The van der Waals surface area contributed by atoms with Crippen LogP contribution in [0.5, 0.6) is 0 Å². The summed E-state index contributed by atoms with van der Waals surface area (Å²) in [5.41, 5.74) is 0. The number of hydrogen-bond donors (Lipinski definition) is 2. The van der Waals surface area contributed by atoms with Crippen LogP contribution in [-0.4, -0.2) is 45.3 Å². The highest BCUT2D eigenvalue weighted by Gasteiger charge is 2.42. The van der Waals surface area contributed by atoms with Gasteiger partial charge in [0.05, 0.1) is 12.2 Å². The topological polar surface area (TPSA) is 60.8 Å². The van der Waals surface area contributed by atoms with E-state index >= 15 is 0 Å². The average Bonchev–Trinajstić information content (AvgIpc) is 2.48. The van der Waals surface area contributed by atoms with E-state index < -0.39 is 6.10 Å². The molecule has 0 saturated carbocycles. The molecular formula is C12H21NO3. The van der Waals surface area contributed by atoms with Gasteiger partial charge < -0.3 is 15.1 Å². The Kier molecular flexibility index (Phi) is 3.50. The molecule has 0 spiro atoms. The summed E-state index contributed by atoms with van der Waals surface area (Å²) in [6.07, 6.45) is 3.87. The molecule has 4 nitrogen and oxygen atoms in total. The first kappa shape index (κ1) is 11.9. The van der Waals surface area contributed by atoms with Crippen LogP contribution in [0, 0.1) is 0 Å². The third kappa shape index (κ3) is 2.38. The zero-order valence-electron chi connectivity index (χ0n) is 9.80. The Morgan fingerprint density at radius 1 is 1.38 bits per heavy atom. The number of carbonyl (C=O) groups excluding carboxylic acids is 1. The third-order valence-electron chi connectivity index (χ3n) is 3.77. The predicted octanol–water partition coefficient (Wildman–Crippen LogP) is 0.662. The van der Waals surface area contributed by atoms with E-state index in [1.807, 2.05) is 4.90 Å². The number of rotatable bonds is 3. The van der Waals surface area contributed by atoms with Gasteiger partial charge in [0.25, 0.3) is 0 Å². The maximum absolute atomic E-state index is 12.0. The number of nitrogens with zero attached hydrogens (tertiary/aromatic N) is 1. The van der Waals surface area contributed by atoms with Crippen LogP contribution in [0.3, 0.4) is 0 Å². The van der Waals surface area contributed by atoms with Gasteiger partial charge in [0, 0.05) is 18.5 Å². The molecule has 0 aromatic carbocycles. The van der Waals surface area contributed by atoms with Gasteiger partial charge in [-0.2, -0.15) is 0 Å². The van der Waals surface area contributed by atoms with Crippen LogP contribution in [-0.2, 0) is 4.79 Å². The number of fused-ring (bicyclic) bond motifs is 2. The van der Waals surface area contributed by atoms with Gasteiger partial charge in [-0.3, -0.25) is 4.79 Å².